The first kappa shape index (κ1) is 10.8. The van der Waals surface area contributed by atoms with Gasteiger partial charge in [-0.05, 0) is 18.9 Å². The molecule has 0 unspecified atom stereocenters. The maximum absolute atomic E-state index is 4.38. The number of hydrogen-bond donors (Lipinski definition) is 1. The number of hydrogen-bond acceptors (Lipinski definition) is 5. The Bertz CT molecular complexity index is 394. The number of anilines is 2. The molecule has 2 fully saturated rings. The molecule has 1 aromatic rings. The van der Waals surface area contributed by atoms with Gasteiger partial charge in [0.05, 0.1) is 0 Å². The fraction of sp³-hybridized carbons (Fsp3) is 0.667. The number of rotatable bonds is 2. The lowest BCUT2D eigenvalue weighted by Crippen LogP contribution is -2.27. The molecule has 0 spiro atoms. The summed E-state index contributed by atoms with van der Waals surface area (Å²) in [5, 5.41) is 3.06. The third-order valence-electron chi connectivity index (χ3n) is 3.90. The van der Waals surface area contributed by atoms with Crippen LogP contribution in [0.25, 0.3) is 0 Å². The molecule has 1 N–H and O–H groups in total. The van der Waals surface area contributed by atoms with E-state index in [4.69, 9.17) is 0 Å². The van der Waals surface area contributed by atoms with Gasteiger partial charge >= 0.3 is 0 Å². The summed E-state index contributed by atoms with van der Waals surface area (Å²) < 4.78 is 0. The van der Waals surface area contributed by atoms with Gasteiger partial charge in [0.2, 0.25) is 0 Å². The van der Waals surface area contributed by atoms with Crippen molar-refractivity contribution in [3.05, 3.63) is 12.4 Å². The molecule has 1 aromatic heterocycles. The Kier molecular flexibility index (Phi) is 2.63. The van der Waals surface area contributed by atoms with E-state index in [1.807, 2.05) is 13.1 Å². The van der Waals surface area contributed by atoms with Gasteiger partial charge in [-0.25, -0.2) is 9.97 Å². The van der Waals surface area contributed by atoms with Crippen LogP contribution in [0, 0.1) is 11.8 Å². The summed E-state index contributed by atoms with van der Waals surface area (Å²) in [6.45, 7) is 4.72. The lowest BCUT2D eigenvalue weighted by Gasteiger charge is -2.20. The molecule has 2 saturated heterocycles. The Morgan fingerprint density at radius 1 is 1.18 bits per heavy atom. The second kappa shape index (κ2) is 4.14. The maximum atomic E-state index is 4.38. The number of nitrogens with zero attached hydrogens (tertiary/aromatic N) is 4. The summed E-state index contributed by atoms with van der Waals surface area (Å²) in [5.41, 5.74) is 0. The zero-order valence-corrected chi connectivity index (χ0v) is 10.4. The van der Waals surface area contributed by atoms with Gasteiger partial charge in [-0.1, -0.05) is 0 Å². The van der Waals surface area contributed by atoms with E-state index in [-0.39, 0.29) is 0 Å². The average Bonchev–Trinajstić information content (AvgIpc) is 2.86. The van der Waals surface area contributed by atoms with Gasteiger partial charge in [0, 0.05) is 39.3 Å². The molecule has 2 atom stereocenters. The average molecular weight is 233 g/mol. The Morgan fingerprint density at radius 3 is 2.53 bits per heavy atom. The van der Waals surface area contributed by atoms with E-state index in [0.29, 0.717) is 0 Å². The summed E-state index contributed by atoms with van der Waals surface area (Å²) in [6, 6.07) is 2.03. The highest BCUT2D eigenvalue weighted by Gasteiger charge is 2.39. The molecular formula is C12H19N5. The number of fused-ring (bicyclic) bond motifs is 1. The second-order valence-corrected chi connectivity index (χ2v) is 5.16. The normalized spacial score (nSPS) is 28.5. The number of aromatic nitrogens is 2. The van der Waals surface area contributed by atoms with Crippen molar-refractivity contribution >= 4 is 11.6 Å². The van der Waals surface area contributed by atoms with Crippen LogP contribution in [0.1, 0.15) is 0 Å². The largest absolute Gasteiger partial charge is 0.373 e. The standard InChI is InChI=1S/C12H19N5/c1-13-11-3-12(15-8-14-11)17-6-9-4-16(2)5-10(9)7-17/h3,8-10H,4-7H2,1-2H3,(H,13,14,15)/t9-,10+. The highest BCUT2D eigenvalue weighted by atomic mass is 15.3. The monoisotopic (exact) mass is 233 g/mol. The minimum atomic E-state index is 0.813. The molecule has 5 nitrogen and oxygen atoms in total. The Balaban J connectivity index is 1.74. The predicted octanol–water partition coefficient (Wildman–Crippen LogP) is 0.516. The zero-order valence-electron chi connectivity index (χ0n) is 10.4. The van der Waals surface area contributed by atoms with Crippen LogP contribution in [-0.2, 0) is 0 Å². The molecule has 3 heterocycles. The molecule has 2 aliphatic rings. The first-order chi connectivity index (χ1) is 8.26. The van der Waals surface area contributed by atoms with Gasteiger partial charge in [0.25, 0.3) is 0 Å². The zero-order chi connectivity index (χ0) is 11.8. The van der Waals surface area contributed by atoms with Gasteiger partial charge < -0.3 is 15.1 Å². The molecule has 0 saturated carbocycles. The van der Waals surface area contributed by atoms with Crippen LogP contribution < -0.4 is 10.2 Å². The van der Waals surface area contributed by atoms with Crippen LogP contribution in [-0.4, -0.2) is 55.1 Å². The lowest BCUT2D eigenvalue weighted by atomic mass is 10.0. The van der Waals surface area contributed by atoms with Crippen molar-refractivity contribution < 1.29 is 0 Å². The lowest BCUT2D eigenvalue weighted by molar-refractivity contribution is 0.387. The minimum absolute atomic E-state index is 0.813. The van der Waals surface area contributed by atoms with Crippen molar-refractivity contribution in [1.82, 2.24) is 14.9 Å². The molecule has 0 aromatic carbocycles. The number of nitrogens with one attached hydrogen (secondary N) is 1. The topological polar surface area (TPSA) is 44.3 Å². The van der Waals surface area contributed by atoms with Crippen LogP contribution in [0.15, 0.2) is 12.4 Å². The number of likely N-dealkylation sites (tertiary alicyclic amines) is 1. The second-order valence-electron chi connectivity index (χ2n) is 5.16. The molecule has 0 aliphatic carbocycles. The first-order valence-corrected chi connectivity index (χ1v) is 6.19. The first-order valence-electron chi connectivity index (χ1n) is 6.19. The third-order valence-corrected chi connectivity index (χ3v) is 3.90. The fourth-order valence-corrected chi connectivity index (χ4v) is 3.07. The van der Waals surface area contributed by atoms with Crippen LogP contribution in [0.2, 0.25) is 0 Å². The Morgan fingerprint density at radius 2 is 1.88 bits per heavy atom. The Hall–Kier alpha value is -1.36. The van der Waals surface area contributed by atoms with Crippen molar-refractivity contribution in [2.45, 2.75) is 0 Å². The van der Waals surface area contributed by atoms with Crippen molar-refractivity contribution in [2.75, 3.05) is 50.5 Å². The molecular weight excluding hydrogens is 214 g/mol. The van der Waals surface area contributed by atoms with E-state index in [1.165, 1.54) is 13.1 Å². The maximum Gasteiger partial charge on any atom is 0.134 e. The SMILES string of the molecule is CNc1cc(N2C[C@H]3CN(C)C[C@H]3C2)ncn1. The quantitative estimate of drug-likeness (QED) is 0.806. The highest BCUT2D eigenvalue weighted by Crippen LogP contribution is 2.32. The summed E-state index contributed by atoms with van der Waals surface area (Å²) >= 11 is 0. The van der Waals surface area contributed by atoms with Crippen LogP contribution >= 0.6 is 0 Å². The van der Waals surface area contributed by atoms with Gasteiger partial charge in [-0.3, -0.25) is 0 Å². The summed E-state index contributed by atoms with van der Waals surface area (Å²) in [7, 11) is 4.10. The van der Waals surface area contributed by atoms with E-state index < -0.39 is 0 Å². The van der Waals surface area contributed by atoms with Gasteiger partial charge in [0.15, 0.2) is 0 Å². The van der Waals surface area contributed by atoms with E-state index in [9.17, 15) is 0 Å². The van der Waals surface area contributed by atoms with E-state index in [1.54, 1.807) is 6.33 Å². The molecule has 0 radical (unpaired) electrons. The van der Waals surface area contributed by atoms with E-state index >= 15 is 0 Å². The summed E-state index contributed by atoms with van der Waals surface area (Å²) in [5.74, 6) is 3.58. The molecule has 3 rings (SSSR count). The van der Waals surface area contributed by atoms with E-state index in [2.05, 4.69) is 32.1 Å². The van der Waals surface area contributed by atoms with Crippen LogP contribution in [0.4, 0.5) is 11.6 Å². The van der Waals surface area contributed by atoms with Gasteiger partial charge in [0.1, 0.15) is 18.0 Å². The molecule has 17 heavy (non-hydrogen) atoms. The van der Waals surface area contributed by atoms with Gasteiger partial charge in [-0.2, -0.15) is 0 Å². The predicted molar refractivity (Wildman–Crippen MR) is 68.3 cm³/mol. The van der Waals surface area contributed by atoms with Crippen LogP contribution in [0.5, 0.6) is 0 Å². The molecule has 0 bridgehead atoms. The summed E-state index contributed by atoms with van der Waals surface area (Å²) in [6.07, 6.45) is 1.64. The molecule has 2 aliphatic heterocycles. The molecule has 5 heteroatoms. The Labute approximate surface area is 102 Å². The van der Waals surface area contributed by atoms with Gasteiger partial charge in [-0.15, -0.1) is 0 Å². The minimum Gasteiger partial charge on any atom is -0.373 e. The van der Waals surface area contributed by atoms with Crippen molar-refractivity contribution in [3.63, 3.8) is 0 Å². The van der Waals surface area contributed by atoms with Crippen molar-refractivity contribution in [1.29, 1.82) is 0 Å². The van der Waals surface area contributed by atoms with E-state index in [0.717, 1.165) is 36.6 Å². The molecule has 92 valence electrons. The fourth-order valence-electron chi connectivity index (χ4n) is 3.07. The summed E-state index contributed by atoms with van der Waals surface area (Å²) in [4.78, 5) is 13.4. The van der Waals surface area contributed by atoms with Crippen LogP contribution in [0.3, 0.4) is 0 Å². The smallest absolute Gasteiger partial charge is 0.134 e. The van der Waals surface area contributed by atoms with Crippen molar-refractivity contribution in [2.24, 2.45) is 11.8 Å². The van der Waals surface area contributed by atoms with Crippen molar-refractivity contribution in [3.8, 4) is 0 Å². The molecule has 0 amide bonds. The highest BCUT2D eigenvalue weighted by molar-refractivity contribution is 5.49. The third kappa shape index (κ3) is 1.95.